The second-order valence-electron chi connectivity index (χ2n) is 5.14. The van der Waals surface area contributed by atoms with Crippen molar-refractivity contribution >= 4 is 0 Å². The molecule has 19 heavy (non-hydrogen) atoms. The number of rotatable bonds is 7. The van der Waals surface area contributed by atoms with Gasteiger partial charge in [-0.05, 0) is 36.5 Å². The average molecular weight is 265 g/mol. The topological polar surface area (TPSA) is 50.7 Å². The Hall–Kier alpha value is -1.10. The van der Waals surface area contributed by atoms with Gasteiger partial charge in [-0.25, -0.2) is 0 Å². The number of hydrogen-bond donors (Lipinski definition) is 2. The summed E-state index contributed by atoms with van der Waals surface area (Å²) < 4.78 is 10.2. The van der Waals surface area contributed by atoms with Crippen molar-refractivity contribution in [1.82, 2.24) is 5.32 Å². The molecule has 0 spiro atoms. The molecular weight excluding hydrogens is 242 g/mol. The Morgan fingerprint density at radius 3 is 2.47 bits per heavy atom. The lowest BCUT2D eigenvalue weighted by molar-refractivity contribution is 0.110. The van der Waals surface area contributed by atoms with E-state index in [1.807, 2.05) is 12.1 Å². The Morgan fingerprint density at radius 1 is 1.26 bits per heavy atom. The molecule has 0 aliphatic heterocycles. The summed E-state index contributed by atoms with van der Waals surface area (Å²) in [5, 5.41) is 12.6. The van der Waals surface area contributed by atoms with Crippen molar-refractivity contribution in [3.05, 3.63) is 29.8 Å². The maximum Gasteiger partial charge on any atom is 0.118 e. The van der Waals surface area contributed by atoms with Crippen LogP contribution in [0.2, 0.25) is 0 Å². The van der Waals surface area contributed by atoms with Gasteiger partial charge in [0.25, 0.3) is 0 Å². The smallest absolute Gasteiger partial charge is 0.118 e. The molecule has 1 aromatic carbocycles. The lowest BCUT2D eigenvalue weighted by Crippen LogP contribution is -2.48. The fourth-order valence-corrected chi connectivity index (χ4v) is 2.59. The van der Waals surface area contributed by atoms with E-state index in [9.17, 15) is 5.11 Å². The van der Waals surface area contributed by atoms with E-state index in [4.69, 9.17) is 9.47 Å². The van der Waals surface area contributed by atoms with Crippen molar-refractivity contribution < 1.29 is 14.6 Å². The van der Waals surface area contributed by atoms with Crippen LogP contribution in [0.1, 0.15) is 24.3 Å². The molecule has 1 aromatic rings. The van der Waals surface area contributed by atoms with Gasteiger partial charge in [0.1, 0.15) is 5.75 Å². The fourth-order valence-electron chi connectivity index (χ4n) is 2.59. The Balaban J connectivity index is 1.78. The van der Waals surface area contributed by atoms with Gasteiger partial charge in [0.05, 0.1) is 26.4 Å². The number of benzene rings is 1. The van der Waals surface area contributed by atoms with Crippen LogP contribution in [0.3, 0.4) is 0 Å². The molecule has 2 N–H and O–H groups in total. The van der Waals surface area contributed by atoms with Gasteiger partial charge in [-0.3, -0.25) is 0 Å². The second kappa shape index (κ2) is 6.89. The highest BCUT2D eigenvalue weighted by Crippen LogP contribution is 2.37. The third-order valence-corrected chi connectivity index (χ3v) is 3.78. The zero-order valence-electron chi connectivity index (χ0n) is 11.6. The minimum Gasteiger partial charge on any atom is -0.497 e. The molecule has 0 amide bonds. The van der Waals surface area contributed by atoms with Crippen molar-refractivity contribution in [3.8, 4) is 5.75 Å². The van der Waals surface area contributed by atoms with Gasteiger partial charge in [0, 0.05) is 13.2 Å². The van der Waals surface area contributed by atoms with Gasteiger partial charge in [-0.2, -0.15) is 0 Å². The summed E-state index contributed by atoms with van der Waals surface area (Å²) in [6, 6.07) is 8.83. The highest BCUT2D eigenvalue weighted by atomic mass is 16.5. The van der Waals surface area contributed by atoms with E-state index in [0.29, 0.717) is 18.6 Å². The molecule has 1 atom stereocenters. The summed E-state index contributed by atoms with van der Waals surface area (Å²) in [5.41, 5.74) is 1.37. The van der Waals surface area contributed by atoms with Crippen LogP contribution >= 0.6 is 0 Å². The first-order valence-electron chi connectivity index (χ1n) is 6.76. The fraction of sp³-hybridized carbons (Fsp3) is 0.600. The lowest BCUT2D eigenvalue weighted by Gasteiger charge is -2.38. The van der Waals surface area contributed by atoms with Crippen molar-refractivity contribution in [3.63, 3.8) is 0 Å². The van der Waals surface area contributed by atoms with Crippen LogP contribution in [-0.2, 0) is 4.74 Å². The second-order valence-corrected chi connectivity index (χ2v) is 5.14. The molecular formula is C15H23NO3. The predicted molar refractivity (Wildman–Crippen MR) is 74.6 cm³/mol. The molecule has 1 unspecified atom stereocenters. The lowest BCUT2D eigenvalue weighted by atomic mass is 9.75. The van der Waals surface area contributed by atoms with E-state index in [1.54, 1.807) is 14.2 Å². The van der Waals surface area contributed by atoms with E-state index in [1.165, 1.54) is 5.56 Å². The molecule has 4 heteroatoms. The van der Waals surface area contributed by atoms with Gasteiger partial charge in [-0.1, -0.05) is 12.1 Å². The molecule has 0 radical (unpaired) electrons. The highest BCUT2D eigenvalue weighted by Gasteiger charge is 2.31. The normalized spacial score (nSPS) is 23.7. The Kier molecular flexibility index (Phi) is 5.19. The van der Waals surface area contributed by atoms with Crippen LogP contribution in [-0.4, -0.2) is 44.6 Å². The van der Waals surface area contributed by atoms with Gasteiger partial charge >= 0.3 is 0 Å². The predicted octanol–water partition coefficient (Wildman–Crippen LogP) is 1.54. The summed E-state index contributed by atoms with van der Waals surface area (Å²) >= 11 is 0. The van der Waals surface area contributed by atoms with Crippen LogP contribution in [0.25, 0.3) is 0 Å². The molecule has 0 heterocycles. The van der Waals surface area contributed by atoms with E-state index in [0.717, 1.165) is 18.6 Å². The maximum atomic E-state index is 9.21. The highest BCUT2D eigenvalue weighted by molar-refractivity contribution is 5.30. The first kappa shape index (κ1) is 14.3. The maximum absolute atomic E-state index is 9.21. The summed E-state index contributed by atoms with van der Waals surface area (Å²) in [6.45, 7) is 0.678. The van der Waals surface area contributed by atoms with Gasteiger partial charge in [0.2, 0.25) is 0 Å². The molecule has 0 saturated heterocycles. The SMILES string of the molecule is COCC(CO)NC1CC(c2ccc(OC)cc2)C1. The zero-order valence-corrected chi connectivity index (χ0v) is 11.6. The van der Waals surface area contributed by atoms with E-state index < -0.39 is 0 Å². The van der Waals surface area contributed by atoms with Crippen LogP contribution in [0.4, 0.5) is 0 Å². The molecule has 1 aliphatic carbocycles. The average Bonchev–Trinajstić information content (AvgIpc) is 2.41. The number of ether oxygens (including phenoxy) is 2. The Bertz CT molecular complexity index is 373. The van der Waals surface area contributed by atoms with Crippen molar-refractivity contribution in [2.24, 2.45) is 0 Å². The zero-order chi connectivity index (χ0) is 13.7. The van der Waals surface area contributed by atoms with Gasteiger partial charge in [0.15, 0.2) is 0 Å². The Morgan fingerprint density at radius 2 is 1.95 bits per heavy atom. The molecule has 0 aromatic heterocycles. The third kappa shape index (κ3) is 3.69. The Labute approximate surface area is 114 Å². The van der Waals surface area contributed by atoms with Crippen molar-refractivity contribution in [1.29, 1.82) is 0 Å². The van der Waals surface area contributed by atoms with E-state index in [-0.39, 0.29) is 12.6 Å². The van der Waals surface area contributed by atoms with Crippen LogP contribution in [0.5, 0.6) is 5.75 Å². The number of aliphatic hydroxyl groups is 1. The molecule has 2 rings (SSSR count). The van der Waals surface area contributed by atoms with Crippen molar-refractivity contribution in [2.45, 2.75) is 30.8 Å². The number of aliphatic hydroxyl groups excluding tert-OH is 1. The molecule has 1 fully saturated rings. The molecule has 4 nitrogen and oxygen atoms in total. The van der Waals surface area contributed by atoms with Crippen molar-refractivity contribution in [2.75, 3.05) is 27.4 Å². The third-order valence-electron chi connectivity index (χ3n) is 3.78. The van der Waals surface area contributed by atoms with Crippen LogP contribution in [0.15, 0.2) is 24.3 Å². The summed E-state index contributed by atoms with van der Waals surface area (Å²) in [4.78, 5) is 0. The minimum absolute atomic E-state index is 0.0480. The summed E-state index contributed by atoms with van der Waals surface area (Å²) in [6.07, 6.45) is 2.24. The number of hydrogen-bond acceptors (Lipinski definition) is 4. The first-order chi connectivity index (χ1) is 9.26. The number of methoxy groups -OCH3 is 2. The minimum atomic E-state index is 0.0480. The van der Waals surface area contributed by atoms with E-state index >= 15 is 0 Å². The van der Waals surface area contributed by atoms with Gasteiger partial charge in [-0.15, -0.1) is 0 Å². The largest absolute Gasteiger partial charge is 0.497 e. The first-order valence-corrected chi connectivity index (χ1v) is 6.76. The van der Waals surface area contributed by atoms with Gasteiger partial charge < -0.3 is 19.9 Å². The molecule has 0 bridgehead atoms. The number of nitrogens with one attached hydrogen (secondary N) is 1. The molecule has 1 saturated carbocycles. The van der Waals surface area contributed by atoms with E-state index in [2.05, 4.69) is 17.4 Å². The summed E-state index contributed by atoms with van der Waals surface area (Å²) in [5.74, 6) is 1.52. The quantitative estimate of drug-likeness (QED) is 0.785. The monoisotopic (exact) mass is 265 g/mol. The molecule has 1 aliphatic rings. The van der Waals surface area contributed by atoms with Crippen LogP contribution < -0.4 is 10.1 Å². The summed E-state index contributed by atoms with van der Waals surface area (Å²) in [7, 11) is 3.34. The van der Waals surface area contributed by atoms with Crippen LogP contribution in [0, 0.1) is 0 Å². The molecule has 106 valence electrons. The standard InChI is InChI=1S/C15H23NO3/c1-18-10-14(9-17)16-13-7-12(8-13)11-3-5-15(19-2)6-4-11/h3-6,12-14,16-17H,7-10H2,1-2H3.